The molecule has 2 heterocycles. The summed E-state index contributed by atoms with van der Waals surface area (Å²) >= 11 is 0. The summed E-state index contributed by atoms with van der Waals surface area (Å²) in [6.07, 6.45) is 1.90. The van der Waals surface area contributed by atoms with Crippen LogP contribution in [0.15, 0.2) is 0 Å². The molecular formula is C35H57N11O12. The van der Waals surface area contributed by atoms with Gasteiger partial charge in [-0.25, -0.2) is 0 Å². The van der Waals surface area contributed by atoms with E-state index in [0.717, 1.165) is 6.42 Å². The van der Waals surface area contributed by atoms with Crippen LogP contribution in [-0.4, -0.2) is 151 Å². The third kappa shape index (κ3) is 17.1. The Morgan fingerprint density at radius 1 is 0.672 bits per heavy atom. The Kier molecular flexibility index (Phi) is 20.0. The van der Waals surface area contributed by atoms with Gasteiger partial charge in [-0.15, -0.1) is 0 Å². The molecule has 0 aromatic heterocycles. The van der Waals surface area contributed by atoms with E-state index in [2.05, 4.69) is 47.9 Å². The number of hydrogen-bond acceptors (Lipinski definition) is 12. The van der Waals surface area contributed by atoms with Crippen LogP contribution in [-0.2, 0) is 52.7 Å². The molecule has 2 fully saturated rings. The van der Waals surface area contributed by atoms with Gasteiger partial charge in [-0.05, 0) is 64.8 Å². The van der Waals surface area contributed by atoms with Gasteiger partial charge in [0.25, 0.3) is 0 Å². The number of carbonyl (C=O) groups excluding carboxylic acids is 10. The zero-order valence-electron chi connectivity index (χ0n) is 33.2. The van der Waals surface area contributed by atoms with Crippen molar-refractivity contribution in [2.24, 2.45) is 11.7 Å². The molecule has 2 aliphatic rings. The molecule has 0 saturated carbocycles. The number of hydrogen-bond donors (Lipinski definition) is 11. The van der Waals surface area contributed by atoms with E-state index < -0.39 is 122 Å². The van der Waals surface area contributed by atoms with Gasteiger partial charge < -0.3 is 63.6 Å². The molecule has 23 nitrogen and oxygen atoms in total. The minimum Gasteiger partial charge on any atom is -0.480 e. The summed E-state index contributed by atoms with van der Waals surface area (Å²) in [4.78, 5) is 138. The van der Waals surface area contributed by atoms with Crippen LogP contribution in [0.5, 0.6) is 0 Å². The number of carboxylic acids is 1. The summed E-state index contributed by atoms with van der Waals surface area (Å²) in [5.41, 5.74) is 5.25. The van der Waals surface area contributed by atoms with Crippen molar-refractivity contribution < 1.29 is 57.8 Å². The number of carbonyl (C=O) groups is 11. The monoisotopic (exact) mass is 823 g/mol. The first-order valence-electron chi connectivity index (χ1n) is 19.1. The molecule has 2 saturated heterocycles. The quantitative estimate of drug-likeness (QED) is 0.0459. The number of primary amides is 1. The average Bonchev–Trinajstić information content (AvgIpc) is 3.88. The fourth-order valence-electron chi connectivity index (χ4n) is 6.10. The third-order valence-corrected chi connectivity index (χ3v) is 9.09. The van der Waals surface area contributed by atoms with Crippen molar-refractivity contribution in [2.75, 3.05) is 39.3 Å². The topological polar surface area (TPSA) is 346 Å². The normalized spacial score (nSPS) is 18.1. The van der Waals surface area contributed by atoms with Crippen LogP contribution >= 0.6 is 0 Å². The molecule has 0 aromatic rings. The number of likely N-dealkylation sites (tertiary alicyclic amines) is 1. The standard InChI is InChI=1S/C35H57N11O12/c1-18(2)13-23(45-33(56)22(9-10-25(36)47)44-28(50)16-40-31(54)21-7-5-11-37-21)32(55)39-14-26(48)38-15-27(49)42-19(3)30(53)43-20(4)35(58)46-12-6-8-24(46)34(57)41-17-29(51)52/h18-24,37H,5-17H2,1-4H3,(H2,36,47)(H,38,48)(H,39,55)(H,40,54)(H,41,57)(H,42,49)(H,43,53)(H,44,50)(H,45,56)(H,51,52)/t19-,20-,21-,22-,23-,24-/m0/s1. The molecule has 12 N–H and O–H groups in total. The van der Waals surface area contributed by atoms with Crippen LogP contribution in [0.4, 0.5) is 0 Å². The highest BCUT2D eigenvalue weighted by atomic mass is 16.4. The largest absolute Gasteiger partial charge is 0.480 e. The fourth-order valence-corrected chi connectivity index (χ4v) is 6.10. The summed E-state index contributed by atoms with van der Waals surface area (Å²) in [6, 6.07) is -6.04. The Labute approximate surface area is 335 Å². The molecule has 0 radical (unpaired) electrons. The summed E-state index contributed by atoms with van der Waals surface area (Å²) in [6.45, 7) is 4.95. The molecular weight excluding hydrogens is 766 g/mol. The molecule has 324 valence electrons. The molecule has 2 rings (SSSR count). The number of nitrogens with one attached hydrogen (secondary N) is 9. The summed E-state index contributed by atoms with van der Waals surface area (Å²) in [5, 5.41) is 31.0. The number of carboxylic acid groups (broad SMARTS) is 1. The van der Waals surface area contributed by atoms with Crippen molar-refractivity contribution in [3.8, 4) is 0 Å². The number of rotatable bonds is 23. The SMILES string of the molecule is CC(C)C[C@H](NC(=O)[C@H](CCC(N)=O)NC(=O)CNC(=O)[C@@H]1CCCN1)C(=O)NCC(=O)NCC(=O)N[C@@H](C)C(=O)N[C@@H](C)C(=O)N1CCC[C@H]1C(=O)NCC(=O)O. The predicted octanol–water partition coefficient (Wildman–Crippen LogP) is -5.43. The molecule has 2 aliphatic heterocycles. The van der Waals surface area contributed by atoms with Crippen molar-refractivity contribution in [3.05, 3.63) is 0 Å². The van der Waals surface area contributed by atoms with Crippen molar-refractivity contribution >= 4 is 65.0 Å². The maximum absolute atomic E-state index is 13.3. The molecule has 58 heavy (non-hydrogen) atoms. The molecule has 0 aromatic carbocycles. The van der Waals surface area contributed by atoms with Gasteiger partial charge in [0.15, 0.2) is 0 Å². The van der Waals surface area contributed by atoms with E-state index >= 15 is 0 Å². The Hall–Kier alpha value is -5.87. The van der Waals surface area contributed by atoms with E-state index in [1.165, 1.54) is 18.7 Å². The zero-order chi connectivity index (χ0) is 43.5. The van der Waals surface area contributed by atoms with E-state index in [1.807, 2.05) is 0 Å². The van der Waals surface area contributed by atoms with Crippen LogP contribution in [0.2, 0.25) is 0 Å². The average molecular weight is 824 g/mol. The lowest BCUT2D eigenvalue weighted by Crippen LogP contribution is -2.56. The van der Waals surface area contributed by atoms with E-state index in [9.17, 15) is 52.7 Å². The lowest BCUT2D eigenvalue weighted by molar-refractivity contribution is -0.142. The first-order chi connectivity index (χ1) is 27.3. The number of aliphatic carboxylic acids is 1. The maximum Gasteiger partial charge on any atom is 0.322 e. The molecule has 0 unspecified atom stereocenters. The summed E-state index contributed by atoms with van der Waals surface area (Å²) in [7, 11) is 0. The highest BCUT2D eigenvalue weighted by molar-refractivity contribution is 5.97. The Balaban J connectivity index is 1.85. The van der Waals surface area contributed by atoms with Gasteiger partial charge in [0, 0.05) is 13.0 Å². The van der Waals surface area contributed by atoms with Crippen LogP contribution in [0.25, 0.3) is 0 Å². The minimum atomic E-state index is -1.29. The Morgan fingerprint density at radius 3 is 1.93 bits per heavy atom. The highest BCUT2D eigenvalue weighted by Crippen LogP contribution is 2.18. The van der Waals surface area contributed by atoms with Gasteiger partial charge in [-0.1, -0.05) is 13.8 Å². The molecule has 0 bridgehead atoms. The van der Waals surface area contributed by atoms with E-state index in [0.29, 0.717) is 25.8 Å². The fraction of sp³-hybridized carbons (Fsp3) is 0.686. The molecule has 0 spiro atoms. The summed E-state index contributed by atoms with van der Waals surface area (Å²) in [5.74, 6) is -8.26. The molecule has 23 heteroatoms. The van der Waals surface area contributed by atoms with Gasteiger partial charge in [-0.3, -0.25) is 52.7 Å². The molecule has 6 atom stereocenters. The van der Waals surface area contributed by atoms with E-state index in [4.69, 9.17) is 10.8 Å². The first kappa shape index (κ1) is 48.3. The van der Waals surface area contributed by atoms with Gasteiger partial charge in [0.2, 0.25) is 59.1 Å². The van der Waals surface area contributed by atoms with Gasteiger partial charge in [-0.2, -0.15) is 0 Å². The zero-order valence-corrected chi connectivity index (χ0v) is 33.2. The Bertz CT molecular complexity index is 1550. The van der Waals surface area contributed by atoms with Crippen molar-refractivity contribution in [3.63, 3.8) is 0 Å². The number of nitrogens with two attached hydrogens (primary N) is 1. The van der Waals surface area contributed by atoms with Gasteiger partial charge in [0.05, 0.1) is 25.7 Å². The van der Waals surface area contributed by atoms with Crippen LogP contribution in [0, 0.1) is 5.92 Å². The van der Waals surface area contributed by atoms with Crippen molar-refractivity contribution in [2.45, 2.75) is 109 Å². The third-order valence-electron chi connectivity index (χ3n) is 9.09. The number of amides is 10. The molecule has 0 aliphatic carbocycles. The smallest absolute Gasteiger partial charge is 0.322 e. The van der Waals surface area contributed by atoms with Crippen LogP contribution in [0.1, 0.15) is 72.6 Å². The second-order valence-corrected chi connectivity index (χ2v) is 14.5. The lowest BCUT2D eigenvalue weighted by Gasteiger charge is -2.27. The van der Waals surface area contributed by atoms with Gasteiger partial charge >= 0.3 is 5.97 Å². The summed E-state index contributed by atoms with van der Waals surface area (Å²) < 4.78 is 0. The lowest BCUT2D eigenvalue weighted by atomic mass is 10.0. The Morgan fingerprint density at radius 2 is 1.31 bits per heavy atom. The second-order valence-electron chi connectivity index (χ2n) is 14.5. The minimum absolute atomic E-state index is 0.118. The van der Waals surface area contributed by atoms with Crippen molar-refractivity contribution in [1.29, 1.82) is 0 Å². The van der Waals surface area contributed by atoms with Crippen molar-refractivity contribution in [1.82, 2.24) is 52.8 Å². The highest BCUT2D eigenvalue weighted by Gasteiger charge is 2.37. The first-order valence-corrected chi connectivity index (χ1v) is 19.1. The van der Waals surface area contributed by atoms with Crippen LogP contribution in [0.3, 0.4) is 0 Å². The van der Waals surface area contributed by atoms with Gasteiger partial charge in [0.1, 0.15) is 36.8 Å². The number of nitrogens with zero attached hydrogens (tertiary/aromatic N) is 1. The van der Waals surface area contributed by atoms with E-state index in [1.54, 1.807) is 13.8 Å². The molecule has 10 amide bonds. The van der Waals surface area contributed by atoms with E-state index in [-0.39, 0.29) is 37.6 Å². The maximum atomic E-state index is 13.3. The van der Waals surface area contributed by atoms with Crippen LogP contribution < -0.4 is 53.6 Å². The second kappa shape index (κ2) is 24.0. The predicted molar refractivity (Wildman–Crippen MR) is 202 cm³/mol.